The standard InChI is InChI=1S/C11H15BrN2O2S/c1-7-4-9(5-7)14-17(15,16)11-6-8(12)2-3-10(11)13/h2-3,6-7,9,14H,4-5,13H2,1H3. The van der Waals surface area contributed by atoms with Gasteiger partial charge in [-0.3, -0.25) is 0 Å². The van der Waals surface area contributed by atoms with Gasteiger partial charge in [0.1, 0.15) is 4.90 Å². The van der Waals surface area contributed by atoms with Crippen molar-refractivity contribution in [1.82, 2.24) is 4.72 Å². The normalized spacial score (nSPS) is 24.4. The number of benzene rings is 1. The largest absolute Gasteiger partial charge is 0.398 e. The van der Waals surface area contributed by atoms with Crippen molar-refractivity contribution < 1.29 is 8.42 Å². The van der Waals surface area contributed by atoms with Crippen molar-refractivity contribution in [2.24, 2.45) is 5.92 Å². The molecule has 3 N–H and O–H groups in total. The van der Waals surface area contributed by atoms with Crippen molar-refractivity contribution >= 4 is 31.6 Å². The van der Waals surface area contributed by atoms with E-state index in [1.165, 1.54) is 6.07 Å². The molecule has 0 heterocycles. The van der Waals surface area contributed by atoms with Gasteiger partial charge in [0.25, 0.3) is 0 Å². The zero-order valence-electron chi connectivity index (χ0n) is 9.48. The van der Waals surface area contributed by atoms with Crippen molar-refractivity contribution in [2.75, 3.05) is 5.73 Å². The van der Waals surface area contributed by atoms with Crippen molar-refractivity contribution in [2.45, 2.75) is 30.7 Å². The van der Waals surface area contributed by atoms with Crippen LogP contribution in [0.15, 0.2) is 27.6 Å². The first-order valence-electron chi connectivity index (χ1n) is 5.46. The molecule has 1 saturated carbocycles. The molecule has 0 aliphatic heterocycles. The predicted octanol–water partition coefficient (Wildman–Crippen LogP) is 2.11. The van der Waals surface area contributed by atoms with E-state index in [9.17, 15) is 8.42 Å². The quantitative estimate of drug-likeness (QED) is 0.838. The minimum Gasteiger partial charge on any atom is -0.398 e. The first-order valence-corrected chi connectivity index (χ1v) is 7.73. The lowest BCUT2D eigenvalue weighted by Gasteiger charge is -2.33. The van der Waals surface area contributed by atoms with Crippen LogP contribution in [0.5, 0.6) is 0 Å². The van der Waals surface area contributed by atoms with Gasteiger partial charge in [0.15, 0.2) is 0 Å². The summed E-state index contributed by atoms with van der Waals surface area (Å²) in [7, 11) is -3.50. The van der Waals surface area contributed by atoms with E-state index in [4.69, 9.17) is 5.73 Å². The first kappa shape index (κ1) is 12.9. The fraction of sp³-hybridized carbons (Fsp3) is 0.455. The molecule has 6 heteroatoms. The van der Waals surface area contributed by atoms with Crippen LogP contribution in [0.25, 0.3) is 0 Å². The zero-order chi connectivity index (χ0) is 12.6. The summed E-state index contributed by atoms with van der Waals surface area (Å²) in [5.74, 6) is 0.600. The summed E-state index contributed by atoms with van der Waals surface area (Å²) in [5, 5.41) is 0. The Morgan fingerprint density at radius 1 is 1.41 bits per heavy atom. The van der Waals surface area contributed by atoms with Crippen LogP contribution in [-0.2, 0) is 10.0 Å². The maximum absolute atomic E-state index is 12.1. The molecule has 0 bridgehead atoms. The zero-order valence-corrected chi connectivity index (χ0v) is 11.9. The monoisotopic (exact) mass is 318 g/mol. The molecular formula is C11H15BrN2O2S. The number of halogens is 1. The lowest BCUT2D eigenvalue weighted by molar-refractivity contribution is 0.270. The second kappa shape index (κ2) is 4.59. The second-order valence-corrected chi connectivity index (χ2v) is 7.18. The smallest absolute Gasteiger partial charge is 0.242 e. The number of hydrogen-bond acceptors (Lipinski definition) is 3. The molecule has 0 atom stereocenters. The van der Waals surface area contributed by atoms with Crippen LogP contribution in [0, 0.1) is 5.92 Å². The Hall–Kier alpha value is -0.590. The van der Waals surface area contributed by atoms with E-state index in [1.807, 2.05) is 0 Å². The van der Waals surface area contributed by atoms with E-state index in [0.29, 0.717) is 10.4 Å². The SMILES string of the molecule is CC1CC(NS(=O)(=O)c2cc(Br)ccc2N)C1. The molecular weight excluding hydrogens is 304 g/mol. The van der Waals surface area contributed by atoms with Crippen molar-refractivity contribution in [3.8, 4) is 0 Å². The van der Waals surface area contributed by atoms with Crippen LogP contribution < -0.4 is 10.5 Å². The average molecular weight is 319 g/mol. The Morgan fingerprint density at radius 3 is 2.65 bits per heavy atom. The lowest BCUT2D eigenvalue weighted by Crippen LogP contribution is -2.43. The van der Waals surface area contributed by atoms with Gasteiger partial charge < -0.3 is 5.73 Å². The second-order valence-electron chi connectivity index (χ2n) is 4.58. The van der Waals surface area contributed by atoms with Crippen LogP contribution in [-0.4, -0.2) is 14.5 Å². The summed E-state index contributed by atoms with van der Waals surface area (Å²) in [5.41, 5.74) is 5.97. The molecule has 0 aromatic heterocycles. The van der Waals surface area contributed by atoms with Crippen LogP contribution in [0.1, 0.15) is 19.8 Å². The highest BCUT2D eigenvalue weighted by molar-refractivity contribution is 9.10. The fourth-order valence-corrected chi connectivity index (χ4v) is 3.95. The molecule has 0 radical (unpaired) electrons. The number of sulfonamides is 1. The van der Waals surface area contributed by atoms with Gasteiger partial charge in [0, 0.05) is 10.5 Å². The van der Waals surface area contributed by atoms with Gasteiger partial charge in [-0.05, 0) is 37.0 Å². The van der Waals surface area contributed by atoms with Crippen molar-refractivity contribution in [3.05, 3.63) is 22.7 Å². The molecule has 1 aromatic carbocycles. The number of hydrogen-bond donors (Lipinski definition) is 2. The highest BCUT2D eigenvalue weighted by Crippen LogP contribution is 2.29. The van der Waals surface area contributed by atoms with Gasteiger partial charge in [-0.1, -0.05) is 22.9 Å². The number of nitrogens with two attached hydrogens (primary N) is 1. The molecule has 94 valence electrons. The van der Waals surface area contributed by atoms with Crippen LogP contribution in [0.4, 0.5) is 5.69 Å². The van der Waals surface area contributed by atoms with Crippen LogP contribution >= 0.6 is 15.9 Å². The molecule has 4 nitrogen and oxygen atoms in total. The molecule has 0 unspecified atom stereocenters. The molecule has 1 aliphatic rings. The summed E-state index contributed by atoms with van der Waals surface area (Å²) in [6, 6.07) is 4.88. The van der Waals surface area contributed by atoms with E-state index in [0.717, 1.165) is 12.8 Å². The molecule has 1 aromatic rings. The third-order valence-corrected chi connectivity index (χ3v) is 5.03. The van der Waals surface area contributed by atoms with Crippen molar-refractivity contribution in [1.29, 1.82) is 0 Å². The molecule has 0 spiro atoms. The third-order valence-electron chi connectivity index (χ3n) is 2.96. The molecule has 1 fully saturated rings. The summed E-state index contributed by atoms with van der Waals surface area (Å²) in [6.45, 7) is 2.11. The molecule has 1 aliphatic carbocycles. The Bertz CT molecular complexity index is 524. The Kier molecular flexibility index (Phi) is 3.47. The summed E-state index contributed by atoms with van der Waals surface area (Å²) in [4.78, 5) is 0.145. The molecule has 0 saturated heterocycles. The summed E-state index contributed by atoms with van der Waals surface area (Å²) in [6.07, 6.45) is 1.79. The van der Waals surface area contributed by atoms with E-state index in [1.54, 1.807) is 12.1 Å². The topological polar surface area (TPSA) is 72.2 Å². The summed E-state index contributed by atoms with van der Waals surface area (Å²) >= 11 is 3.25. The van der Waals surface area contributed by atoms with Crippen LogP contribution in [0.3, 0.4) is 0 Å². The first-order chi connectivity index (χ1) is 7.88. The van der Waals surface area contributed by atoms with E-state index in [-0.39, 0.29) is 16.6 Å². The average Bonchev–Trinajstić information content (AvgIpc) is 2.19. The highest BCUT2D eigenvalue weighted by Gasteiger charge is 2.30. The maximum Gasteiger partial charge on any atom is 0.242 e. The van der Waals surface area contributed by atoms with Gasteiger partial charge in [0.05, 0.1) is 5.69 Å². The predicted molar refractivity (Wildman–Crippen MR) is 71.1 cm³/mol. The van der Waals surface area contributed by atoms with E-state index in [2.05, 4.69) is 27.6 Å². The van der Waals surface area contributed by atoms with Gasteiger partial charge in [-0.15, -0.1) is 0 Å². The Morgan fingerprint density at radius 2 is 2.06 bits per heavy atom. The minimum atomic E-state index is -3.50. The molecule has 0 amide bonds. The number of rotatable bonds is 3. The lowest BCUT2D eigenvalue weighted by atomic mass is 9.83. The minimum absolute atomic E-state index is 0.0494. The van der Waals surface area contributed by atoms with Gasteiger partial charge in [-0.2, -0.15) is 0 Å². The van der Waals surface area contributed by atoms with E-state index < -0.39 is 10.0 Å². The number of anilines is 1. The Balaban J connectivity index is 2.22. The Labute approximate surface area is 110 Å². The third kappa shape index (κ3) is 2.81. The van der Waals surface area contributed by atoms with Gasteiger partial charge in [-0.25, -0.2) is 13.1 Å². The highest BCUT2D eigenvalue weighted by atomic mass is 79.9. The van der Waals surface area contributed by atoms with Crippen molar-refractivity contribution in [3.63, 3.8) is 0 Å². The fourth-order valence-electron chi connectivity index (χ4n) is 2.02. The van der Waals surface area contributed by atoms with Crippen LogP contribution in [0.2, 0.25) is 0 Å². The van der Waals surface area contributed by atoms with Gasteiger partial charge in [0.2, 0.25) is 10.0 Å². The number of nitrogen functional groups attached to an aromatic ring is 1. The number of nitrogens with one attached hydrogen (secondary N) is 1. The molecule has 2 rings (SSSR count). The van der Waals surface area contributed by atoms with Gasteiger partial charge >= 0.3 is 0 Å². The summed E-state index contributed by atoms with van der Waals surface area (Å²) < 4.78 is 27.6. The maximum atomic E-state index is 12.1. The molecule has 17 heavy (non-hydrogen) atoms. The van der Waals surface area contributed by atoms with E-state index >= 15 is 0 Å².